The zero-order chi connectivity index (χ0) is 13.9. The Balaban J connectivity index is 2.03. The largest absolute Gasteiger partial charge is 0.349 e. The number of carbonyl (C=O) groups is 1. The molecule has 110 valence electrons. The van der Waals surface area contributed by atoms with E-state index >= 15 is 0 Å². The fourth-order valence-electron chi connectivity index (χ4n) is 3.77. The molecule has 2 rings (SSSR count). The lowest BCUT2D eigenvalue weighted by molar-refractivity contribution is -0.133. The van der Waals surface area contributed by atoms with Gasteiger partial charge in [0.1, 0.15) is 0 Å². The summed E-state index contributed by atoms with van der Waals surface area (Å²) in [5, 5.41) is 3.37. The van der Waals surface area contributed by atoms with Crippen molar-refractivity contribution in [1.29, 1.82) is 0 Å². The van der Waals surface area contributed by atoms with Crippen molar-refractivity contribution in [3.8, 4) is 0 Å². The molecule has 0 bridgehead atoms. The minimum atomic E-state index is -0.129. The second-order valence-corrected chi connectivity index (χ2v) is 7.16. The molecule has 2 aliphatic carbocycles. The van der Waals surface area contributed by atoms with Crippen LogP contribution in [0.3, 0.4) is 0 Å². The molecule has 0 aromatic rings. The Morgan fingerprint density at radius 3 is 2.26 bits per heavy atom. The van der Waals surface area contributed by atoms with Gasteiger partial charge in [-0.1, -0.05) is 26.7 Å². The fraction of sp³-hybridized carbons (Fsp3) is 0.938. The highest BCUT2D eigenvalue weighted by atomic mass is 35.5. The van der Waals surface area contributed by atoms with Gasteiger partial charge < -0.3 is 5.32 Å². The molecule has 0 unspecified atom stereocenters. The summed E-state index contributed by atoms with van der Waals surface area (Å²) in [6.45, 7) is 4.45. The molecule has 0 radical (unpaired) electrons. The molecule has 0 saturated heterocycles. The number of alkyl halides is 1. The van der Waals surface area contributed by atoms with Crippen LogP contribution in [0.15, 0.2) is 0 Å². The van der Waals surface area contributed by atoms with E-state index in [1.54, 1.807) is 0 Å². The van der Waals surface area contributed by atoms with Crippen LogP contribution in [0.5, 0.6) is 0 Å². The molecule has 3 heteroatoms. The Hall–Kier alpha value is -0.240. The first-order valence-corrected chi connectivity index (χ1v) is 8.48. The molecule has 0 aromatic heterocycles. The van der Waals surface area contributed by atoms with Gasteiger partial charge in [0.05, 0.1) is 5.54 Å². The predicted octanol–water partition coefficient (Wildman–Crippen LogP) is 4.26. The second-order valence-electron chi connectivity index (χ2n) is 6.89. The Bertz CT molecular complexity index is 315. The third-order valence-corrected chi connectivity index (χ3v) is 6.10. The minimum absolute atomic E-state index is 0.0951. The average molecular weight is 286 g/mol. The quantitative estimate of drug-likeness (QED) is 0.768. The summed E-state index contributed by atoms with van der Waals surface area (Å²) in [6.07, 6.45) is 9.95. The maximum Gasteiger partial charge on any atom is 0.226 e. The standard InChI is InChI=1S/C16H28ClNO/c1-3-15(8-4-5-9-15)14(19)18-16(12-17)10-6-13(2)7-11-16/h13H,3-12H2,1-2H3,(H,18,19). The van der Waals surface area contributed by atoms with Gasteiger partial charge in [0.2, 0.25) is 5.91 Å². The molecule has 2 nitrogen and oxygen atoms in total. The highest BCUT2D eigenvalue weighted by Crippen LogP contribution is 2.42. The second kappa shape index (κ2) is 6.03. The molecular formula is C16H28ClNO. The van der Waals surface area contributed by atoms with Crippen molar-refractivity contribution < 1.29 is 4.79 Å². The zero-order valence-corrected chi connectivity index (χ0v) is 13.2. The number of hydrogen-bond acceptors (Lipinski definition) is 1. The Kier molecular flexibility index (Phi) is 4.81. The smallest absolute Gasteiger partial charge is 0.226 e. The van der Waals surface area contributed by atoms with E-state index in [2.05, 4.69) is 19.2 Å². The highest BCUT2D eigenvalue weighted by Gasteiger charge is 2.43. The van der Waals surface area contributed by atoms with Crippen molar-refractivity contribution in [2.75, 3.05) is 5.88 Å². The molecular weight excluding hydrogens is 258 g/mol. The van der Waals surface area contributed by atoms with Crippen LogP contribution in [0.2, 0.25) is 0 Å². The van der Waals surface area contributed by atoms with Crippen LogP contribution in [0, 0.1) is 11.3 Å². The molecule has 1 N–H and O–H groups in total. The first-order valence-electron chi connectivity index (χ1n) is 7.94. The number of carbonyl (C=O) groups excluding carboxylic acids is 1. The lowest BCUT2D eigenvalue weighted by Gasteiger charge is -2.41. The summed E-state index contributed by atoms with van der Waals surface area (Å²) < 4.78 is 0. The Labute approximate surface area is 122 Å². The molecule has 2 saturated carbocycles. The van der Waals surface area contributed by atoms with Gasteiger partial charge in [-0.05, 0) is 50.9 Å². The van der Waals surface area contributed by atoms with E-state index in [0.717, 1.165) is 38.0 Å². The third kappa shape index (κ3) is 3.09. The molecule has 0 heterocycles. The number of nitrogens with one attached hydrogen (secondary N) is 1. The summed E-state index contributed by atoms with van der Waals surface area (Å²) in [4.78, 5) is 12.7. The van der Waals surface area contributed by atoms with Crippen LogP contribution in [-0.2, 0) is 4.79 Å². The first kappa shape index (κ1) is 15.2. The van der Waals surface area contributed by atoms with Crippen molar-refractivity contribution >= 4 is 17.5 Å². The number of halogens is 1. The van der Waals surface area contributed by atoms with Gasteiger partial charge in [-0.25, -0.2) is 0 Å². The van der Waals surface area contributed by atoms with Gasteiger partial charge in [-0.3, -0.25) is 4.79 Å². The van der Waals surface area contributed by atoms with Crippen molar-refractivity contribution in [2.45, 2.75) is 77.2 Å². The maximum atomic E-state index is 12.7. The molecule has 0 spiro atoms. The van der Waals surface area contributed by atoms with Crippen LogP contribution in [0.1, 0.15) is 71.6 Å². The van der Waals surface area contributed by atoms with Crippen LogP contribution in [0.25, 0.3) is 0 Å². The summed E-state index contributed by atoms with van der Waals surface area (Å²) in [7, 11) is 0. The summed E-state index contributed by atoms with van der Waals surface area (Å²) in [6, 6.07) is 0. The molecule has 19 heavy (non-hydrogen) atoms. The van der Waals surface area contributed by atoms with Gasteiger partial charge in [0, 0.05) is 11.3 Å². The highest BCUT2D eigenvalue weighted by molar-refractivity contribution is 6.18. The number of amides is 1. The Morgan fingerprint density at radius 1 is 1.21 bits per heavy atom. The summed E-state index contributed by atoms with van der Waals surface area (Å²) >= 11 is 6.21. The van der Waals surface area contributed by atoms with Crippen molar-refractivity contribution in [1.82, 2.24) is 5.32 Å². The summed E-state index contributed by atoms with van der Waals surface area (Å²) in [5.41, 5.74) is -0.224. The number of hydrogen-bond donors (Lipinski definition) is 1. The molecule has 2 aliphatic rings. The maximum absolute atomic E-state index is 12.7. The van der Waals surface area contributed by atoms with Crippen LogP contribution >= 0.6 is 11.6 Å². The monoisotopic (exact) mass is 285 g/mol. The molecule has 2 fully saturated rings. The van der Waals surface area contributed by atoms with E-state index in [1.807, 2.05) is 0 Å². The molecule has 0 atom stereocenters. The fourth-order valence-corrected chi connectivity index (χ4v) is 4.11. The molecule has 0 aromatic carbocycles. The van der Waals surface area contributed by atoms with E-state index < -0.39 is 0 Å². The van der Waals surface area contributed by atoms with Crippen molar-refractivity contribution in [3.63, 3.8) is 0 Å². The third-order valence-electron chi connectivity index (χ3n) is 5.58. The van der Waals surface area contributed by atoms with Crippen molar-refractivity contribution in [3.05, 3.63) is 0 Å². The summed E-state index contributed by atoms with van der Waals surface area (Å²) in [5.74, 6) is 1.62. The van der Waals surface area contributed by atoms with Crippen LogP contribution < -0.4 is 5.32 Å². The van der Waals surface area contributed by atoms with Crippen LogP contribution in [-0.4, -0.2) is 17.3 Å². The normalized spacial score (nSPS) is 34.2. The Morgan fingerprint density at radius 2 is 1.79 bits per heavy atom. The van der Waals surface area contributed by atoms with E-state index in [0.29, 0.717) is 5.88 Å². The molecule has 1 amide bonds. The van der Waals surface area contributed by atoms with Gasteiger partial charge in [0.25, 0.3) is 0 Å². The SMILES string of the molecule is CCC1(C(=O)NC2(CCl)CCC(C)CC2)CCCC1. The van der Waals surface area contributed by atoms with Crippen LogP contribution in [0.4, 0.5) is 0 Å². The zero-order valence-electron chi connectivity index (χ0n) is 12.4. The lowest BCUT2D eigenvalue weighted by atomic mass is 9.76. The van der Waals surface area contributed by atoms with E-state index in [-0.39, 0.29) is 16.9 Å². The van der Waals surface area contributed by atoms with Crippen molar-refractivity contribution in [2.24, 2.45) is 11.3 Å². The predicted molar refractivity (Wildman–Crippen MR) is 80.4 cm³/mol. The lowest BCUT2D eigenvalue weighted by Crippen LogP contribution is -2.55. The van der Waals surface area contributed by atoms with Gasteiger partial charge in [-0.15, -0.1) is 11.6 Å². The topological polar surface area (TPSA) is 29.1 Å². The minimum Gasteiger partial charge on any atom is -0.349 e. The van der Waals surface area contributed by atoms with Gasteiger partial charge in [-0.2, -0.15) is 0 Å². The van der Waals surface area contributed by atoms with Gasteiger partial charge >= 0.3 is 0 Å². The number of rotatable bonds is 4. The van der Waals surface area contributed by atoms with E-state index in [4.69, 9.17) is 11.6 Å². The average Bonchev–Trinajstić information content (AvgIpc) is 2.92. The first-order chi connectivity index (χ1) is 9.06. The van der Waals surface area contributed by atoms with E-state index in [9.17, 15) is 4.79 Å². The van der Waals surface area contributed by atoms with Gasteiger partial charge in [0.15, 0.2) is 0 Å². The molecule has 0 aliphatic heterocycles. The van der Waals surface area contributed by atoms with E-state index in [1.165, 1.54) is 25.7 Å².